The van der Waals surface area contributed by atoms with E-state index in [1.165, 1.54) is 6.42 Å². The molecule has 1 fully saturated rings. The topological polar surface area (TPSA) is 55.4 Å². The minimum Gasteiger partial charge on any atom is -0.452 e. The molecular weight excluding hydrogens is 326 g/mol. The fraction of sp³-hybridized carbons (Fsp3) is 0.579. The molecule has 0 unspecified atom stereocenters. The number of nitrogens with one attached hydrogen (secondary N) is 1. The van der Waals surface area contributed by atoms with Crippen molar-refractivity contribution in [2.24, 2.45) is 11.8 Å². The van der Waals surface area contributed by atoms with Crippen LogP contribution in [0.3, 0.4) is 0 Å². The van der Waals surface area contributed by atoms with Crippen molar-refractivity contribution in [1.82, 2.24) is 5.32 Å². The zero-order valence-corrected chi connectivity index (χ0v) is 15.3. The van der Waals surface area contributed by atoms with Crippen molar-refractivity contribution < 1.29 is 14.3 Å². The van der Waals surface area contributed by atoms with Crippen molar-refractivity contribution in [3.63, 3.8) is 0 Å². The first-order valence-corrected chi connectivity index (χ1v) is 8.99. The van der Waals surface area contributed by atoms with Crippen LogP contribution in [0.4, 0.5) is 0 Å². The summed E-state index contributed by atoms with van der Waals surface area (Å²) >= 11 is 5.82. The van der Waals surface area contributed by atoms with Gasteiger partial charge in [-0.3, -0.25) is 9.59 Å². The van der Waals surface area contributed by atoms with E-state index in [1.54, 1.807) is 31.2 Å². The summed E-state index contributed by atoms with van der Waals surface area (Å²) in [4.78, 5) is 24.3. The van der Waals surface area contributed by atoms with Crippen LogP contribution in [-0.2, 0) is 20.7 Å². The molecule has 1 aromatic carbocycles. The number of carbonyl (C=O) groups excluding carboxylic acids is 2. The van der Waals surface area contributed by atoms with Crippen LogP contribution >= 0.6 is 11.6 Å². The van der Waals surface area contributed by atoms with Crippen LogP contribution < -0.4 is 5.32 Å². The summed E-state index contributed by atoms with van der Waals surface area (Å²) in [5, 5.41) is 3.66. The van der Waals surface area contributed by atoms with Crippen LogP contribution in [0.5, 0.6) is 0 Å². The summed E-state index contributed by atoms with van der Waals surface area (Å²) in [6.45, 7) is 6.01. The van der Waals surface area contributed by atoms with Crippen LogP contribution in [0.2, 0.25) is 5.02 Å². The molecule has 1 saturated carbocycles. The van der Waals surface area contributed by atoms with Crippen molar-refractivity contribution in [1.29, 1.82) is 0 Å². The molecule has 4 nitrogen and oxygen atoms in total. The monoisotopic (exact) mass is 351 g/mol. The number of hydrogen-bond acceptors (Lipinski definition) is 3. The zero-order chi connectivity index (χ0) is 17.7. The first kappa shape index (κ1) is 18.8. The Morgan fingerprint density at radius 1 is 1.25 bits per heavy atom. The number of ether oxygens (including phenoxy) is 1. The van der Waals surface area contributed by atoms with E-state index in [4.69, 9.17) is 16.3 Å². The molecule has 0 saturated heterocycles. The molecule has 2 rings (SSSR count). The molecule has 1 aliphatic rings. The fourth-order valence-corrected chi connectivity index (χ4v) is 3.27. The number of benzene rings is 1. The van der Waals surface area contributed by atoms with Crippen LogP contribution in [-0.4, -0.2) is 24.0 Å². The molecule has 0 aliphatic heterocycles. The highest BCUT2D eigenvalue weighted by atomic mass is 35.5. The maximum absolute atomic E-state index is 12.3. The Bertz CT molecular complexity index is 572. The molecule has 24 heavy (non-hydrogen) atoms. The number of rotatable bonds is 5. The maximum Gasteiger partial charge on any atom is 0.311 e. The molecule has 0 aromatic heterocycles. The van der Waals surface area contributed by atoms with Gasteiger partial charge in [0.2, 0.25) is 0 Å². The van der Waals surface area contributed by atoms with E-state index in [0.717, 1.165) is 18.4 Å². The Labute approximate surface area is 148 Å². The minimum absolute atomic E-state index is 0.131. The third-order valence-electron chi connectivity index (χ3n) is 4.97. The average molecular weight is 352 g/mol. The standard InChI is InChI=1S/C19H26ClNO3/c1-12-5-4-6-17(13(12)2)21-19(23)14(3)24-18(22)11-15-7-9-16(20)10-8-15/h7-10,12-14,17H,4-6,11H2,1-3H3,(H,21,23)/t12-,13+,14+,17+/m0/s1. The number of halogens is 1. The van der Waals surface area contributed by atoms with Gasteiger partial charge in [-0.1, -0.05) is 50.4 Å². The SMILES string of the molecule is C[C@@H]1[C@@H](C)CCC[C@H]1NC(=O)[C@@H](C)OC(=O)Cc1ccc(Cl)cc1. The molecular formula is C19H26ClNO3. The number of carbonyl (C=O) groups is 2. The van der Waals surface area contributed by atoms with Crippen molar-refractivity contribution in [2.75, 3.05) is 0 Å². The first-order valence-electron chi connectivity index (χ1n) is 8.61. The normalized spacial score (nSPS) is 24.9. The van der Waals surface area contributed by atoms with E-state index in [1.807, 2.05) is 0 Å². The molecule has 0 heterocycles. The third kappa shape index (κ3) is 5.23. The Balaban J connectivity index is 1.82. The van der Waals surface area contributed by atoms with Crippen LogP contribution in [0.25, 0.3) is 0 Å². The van der Waals surface area contributed by atoms with Crippen LogP contribution in [0.1, 0.15) is 45.6 Å². The quantitative estimate of drug-likeness (QED) is 0.822. The highest BCUT2D eigenvalue weighted by Crippen LogP contribution is 2.29. The van der Waals surface area contributed by atoms with Gasteiger partial charge < -0.3 is 10.1 Å². The second-order valence-corrected chi connectivity index (χ2v) is 7.25. The summed E-state index contributed by atoms with van der Waals surface area (Å²) in [7, 11) is 0. The Hall–Kier alpha value is -1.55. The summed E-state index contributed by atoms with van der Waals surface area (Å²) in [6.07, 6.45) is 2.67. The predicted molar refractivity (Wildman–Crippen MR) is 94.8 cm³/mol. The Morgan fingerprint density at radius 2 is 1.92 bits per heavy atom. The molecule has 132 valence electrons. The molecule has 0 spiro atoms. The van der Waals surface area contributed by atoms with Gasteiger partial charge in [0, 0.05) is 11.1 Å². The minimum atomic E-state index is -0.783. The van der Waals surface area contributed by atoms with Gasteiger partial charge in [0.25, 0.3) is 5.91 Å². The lowest BCUT2D eigenvalue weighted by Crippen LogP contribution is -2.47. The highest BCUT2D eigenvalue weighted by Gasteiger charge is 2.30. The van der Waals surface area contributed by atoms with Crippen LogP contribution in [0, 0.1) is 11.8 Å². The lowest BCUT2D eigenvalue weighted by molar-refractivity contribution is -0.154. The second-order valence-electron chi connectivity index (χ2n) is 6.82. The van der Waals surface area contributed by atoms with Gasteiger partial charge in [0.1, 0.15) is 0 Å². The Morgan fingerprint density at radius 3 is 2.58 bits per heavy atom. The molecule has 0 radical (unpaired) electrons. The maximum atomic E-state index is 12.3. The molecule has 5 heteroatoms. The fourth-order valence-electron chi connectivity index (χ4n) is 3.15. The predicted octanol–water partition coefficient (Wildman–Crippen LogP) is 3.76. The molecule has 1 aromatic rings. The van der Waals surface area contributed by atoms with E-state index in [-0.39, 0.29) is 18.4 Å². The van der Waals surface area contributed by atoms with Crippen LogP contribution in [0.15, 0.2) is 24.3 Å². The van der Waals surface area contributed by atoms with Gasteiger partial charge in [-0.2, -0.15) is 0 Å². The van der Waals surface area contributed by atoms with Gasteiger partial charge in [0.15, 0.2) is 6.10 Å². The van der Waals surface area contributed by atoms with Crippen molar-refractivity contribution >= 4 is 23.5 Å². The lowest BCUT2D eigenvalue weighted by Gasteiger charge is -2.35. The molecule has 4 atom stereocenters. The lowest BCUT2D eigenvalue weighted by atomic mass is 9.78. The van der Waals surface area contributed by atoms with E-state index in [2.05, 4.69) is 19.2 Å². The average Bonchev–Trinajstić information content (AvgIpc) is 2.54. The van der Waals surface area contributed by atoms with E-state index >= 15 is 0 Å². The van der Waals surface area contributed by atoms with Crippen molar-refractivity contribution in [2.45, 2.75) is 58.6 Å². The largest absolute Gasteiger partial charge is 0.452 e. The van der Waals surface area contributed by atoms with E-state index in [0.29, 0.717) is 16.9 Å². The van der Waals surface area contributed by atoms with Gasteiger partial charge in [-0.05, 0) is 42.9 Å². The smallest absolute Gasteiger partial charge is 0.311 e. The number of esters is 1. The number of hydrogen-bond donors (Lipinski definition) is 1. The third-order valence-corrected chi connectivity index (χ3v) is 5.23. The summed E-state index contributed by atoms with van der Waals surface area (Å²) in [6, 6.07) is 7.18. The van der Waals surface area contributed by atoms with Crippen molar-refractivity contribution in [3.05, 3.63) is 34.9 Å². The Kier molecular flexibility index (Phi) is 6.67. The molecule has 1 N–H and O–H groups in total. The molecule has 1 amide bonds. The van der Waals surface area contributed by atoms with Gasteiger partial charge in [-0.15, -0.1) is 0 Å². The van der Waals surface area contributed by atoms with Crippen molar-refractivity contribution in [3.8, 4) is 0 Å². The van der Waals surface area contributed by atoms with Gasteiger partial charge in [0.05, 0.1) is 6.42 Å². The summed E-state index contributed by atoms with van der Waals surface area (Å²) in [5.74, 6) is 0.418. The number of amides is 1. The van der Waals surface area contributed by atoms with Gasteiger partial charge in [-0.25, -0.2) is 0 Å². The zero-order valence-electron chi connectivity index (χ0n) is 14.5. The van der Waals surface area contributed by atoms with E-state index in [9.17, 15) is 9.59 Å². The van der Waals surface area contributed by atoms with E-state index < -0.39 is 12.1 Å². The molecule has 1 aliphatic carbocycles. The summed E-state index contributed by atoms with van der Waals surface area (Å²) in [5.41, 5.74) is 0.812. The summed E-state index contributed by atoms with van der Waals surface area (Å²) < 4.78 is 5.27. The first-order chi connectivity index (χ1) is 11.4. The second kappa shape index (κ2) is 8.52. The van der Waals surface area contributed by atoms with Gasteiger partial charge >= 0.3 is 5.97 Å². The highest BCUT2D eigenvalue weighted by molar-refractivity contribution is 6.30. The molecule has 0 bridgehead atoms.